The number of anilines is 1. The highest BCUT2D eigenvalue weighted by molar-refractivity contribution is 9.10. The quantitative estimate of drug-likeness (QED) is 0.296. The van der Waals surface area contributed by atoms with Crippen molar-refractivity contribution in [1.29, 1.82) is 0 Å². The Hall–Kier alpha value is -3.29. The van der Waals surface area contributed by atoms with Crippen LogP contribution in [0, 0.1) is 6.92 Å². The third-order valence-corrected chi connectivity index (χ3v) is 7.79. The Morgan fingerprint density at radius 3 is 2.71 bits per heavy atom. The first kappa shape index (κ1) is 22.5. The first-order valence-corrected chi connectivity index (χ1v) is 12.1. The van der Waals surface area contributed by atoms with Gasteiger partial charge in [0, 0.05) is 33.1 Å². The number of pyridine rings is 1. The van der Waals surface area contributed by atoms with Crippen molar-refractivity contribution in [3.63, 3.8) is 0 Å². The molecule has 13 heteroatoms. The maximum absolute atomic E-state index is 13.6. The number of carbonyl (C=O) groups is 2. The van der Waals surface area contributed by atoms with Gasteiger partial charge < -0.3 is 11.1 Å². The monoisotopic (exact) mass is 562 g/mol. The number of nitrogens with zero attached hydrogens (tertiary/aromatic N) is 4. The third kappa shape index (κ3) is 3.75. The van der Waals surface area contributed by atoms with Gasteiger partial charge in [0.1, 0.15) is 15.4 Å². The lowest BCUT2D eigenvalue weighted by Crippen LogP contribution is -2.17. The highest BCUT2D eigenvalue weighted by atomic mass is 79.9. The largest absolute Gasteiger partial charge is 0.365 e. The van der Waals surface area contributed by atoms with Crippen LogP contribution in [0.2, 0.25) is 0 Å². The van der Waals surface area contributed by atoms with Gasteiger partial charge in [0.25, 0.3) is 18.2 Å². The summed E-state index contributed by atoms with van der Waals surface area (Å²) in [5, 5.41) is 7.31. The number of nitrogens with one attached hydrogen (secondary N) is 1. The summed E-state index contributed by atoms with van der Waals surface area (Å²) in [5.41, 5.74) is 6.13. The predicted octanol–water partition coefficient (Wildman–Crippen LogP) is 5.43. The first-order valence-electron chi connectivity index (χ1n) is 9.67. The highest BCUT2D eigenvalue weighted by Gasteiger charge is 2.27. The Labute approximate surface area is 206 Å². The van der Waals surface area contributed by atoms with E-state index in [1.807, 2.05) is 13.0 Å². The first-order chi connectivity index (χ1) is 16.2. The lowest BCUT2D eigenvalue weighted by molar-refractivity contribution is 0.100. The second-order valence-corrected chi connectivity index (χ2v) is 10.2. The van der Waals surface area contributed by atoms with Crippen molar-refractivity contribution in [3.8, 4) is 10.4 Å². The zero-order valence-electron chi connectivity index (χ0n) is 17.2. The maximum Gasteiger partial charge on any atom is 0.280 e. The van der Waals surface area contributed by atoms with Gasteiger partial charge in [0.2, 0.25) is 0 Å². The summed E-state index contributed by atoms with van der Waals surface area (Å²) in [6.45, 7) is 1.89. The average molecular weight is 563 g/mol. The predicted molar refractivity (Wildman–Crippen MR) is 130 cm³/mol. The molecule has 0 aliphatic carbocycles. The Balaban J connectivity index is 1.72. The van der Waals surface area contributed by atoms with Gasteiger partial charge in [-0.25, -0.2) is 23.3 Å². The smallest absolute Gasteiger partial charge is 0.280 e. The Kier molecular flexibility index (Phi) is 5.62. The molecule has 172 valence electrons. The lowest BCUT2D eigenvalue weighted by atomic mass is 10.1. The molecule has 0 saturated carbocycles. The number of halogens is 3. The van der Waals surface area contributed by atoms with Crippen molar-refractivity contribution in [1.82, 2.24) is 19.6 Å². The molecule has 0 saturated heterocycles. The molecule has 0 bridgehead atoms. The molecule has 3 N–H and O–H groups in total. The number of nitrogens with two attached hydrogens (primary N) is 1. The van der Waals surface area contributed by atoms with Crippen molar-refractivity contribution in [2.75, 3.05) is 5.32 Å². The molecule has 5 aromatic heterocycles. The van der Waals surface area contributed by atoms with Gasteiger partial charge in [-0.3, -0.25) is 9.59 Å². The Morgan fingerprint density at radius 2 is 2.06 bits per heavy atom. The highest BCUT2D eigenvalue weighted by Crippen LogP contribution is 2.44. The van der Waals surface area contributed by atoms with Crippen molar-refractivity contribution in [2.45, 2.75) is 13.3 Å². The van der Waals surface area contributed by atoms with Gasteiger partial charge in [-0.05, 0) is 47.1 Å². The molecule has 0 unspecified atom stereocenters. The number of amides is 2. The van der Waals surface area contributed by atoms with E-state index < -0.39 is 23.9 Å². The summed E-state index contributed by atoms with van der Waals surface area (Å²) in [5.74, 6) is -1.45. The molecule has 34 heavy (non-hydrogen) atoms. The SMILES string of the molecule is Cc1ccc(-c2cc(C(F)F)nc3sc(C(N)=O)c(NC(=O)c4nn5cccnc5c4Br)c23)s1. The minimum absolute atomic E-state index is 0.00481. The second-order valence-electron chi connectivity index (χ2n) is 7.16. The molecular formula is C21H13BrF2N6O2S2. The van der Waals surface area contributed by atoms with Gasteiger partial charge in [0.05, 0.1) is 10.2 Å². The molecule has 5 rings (SSSR count). The fourth-order valence-corrected chi connectivity index (χ4v) is 5.92. The minimum Gasteiger partial charge on any atom is -0.365 e. The van der Waals surface area contributed by atoms with E-state index in [0.29, 0.717) is 25.9 Å². The van der Waals surface area contributed by atoms with Crippen LogP contribution in [0.15, 0.2) is 41.1 Å². The molecule has 5 aromatic rings. The standard InChI is InChI=1S/C21H13BrF2N6O2S2/c1-8-3-4-11(33-8)9-7-10(17(23)24)27-21-12(9)14(16(34-21)18(25)31)28-20(32)15-13(22)19-26-5-2-6-30(19)29-15/h2-7,17H,1H3,(H2,25,31)(H,28,32). The summed E-state index contributed by atoms with van der Waals surface area (Å²) >= 11 is 5.59. The topological polar surface area (TPSA) is 115 Å². The number of hydrogen-bond donors (Lipinski definition) is 2. The number of aryl methyl sites for hydroxylation is 1. The van der Waals surface area contributed by atoms with Crippen molar-refractivity contribution >= 4 is 72.0 Å². The number of alkyl halides is 2. The van der Waals surface area contributed by atoms with E-state index in [0.717, 1.165) is 16.2 Å². The number of primary amides is 1. The molecule has 5 heterocycles. The summed E-state index contributed by atoms with van der Waals surface area (Å²) in [6, 6.07) is 6.58. The molecule has 0 aliphatic rings. The number of aromatic nitrogens is 4. The summed E-state index contributed by atoms with van der Waals surface area (Å²) < 4.78 is 29.0. The summed E-state index contributed by atoms with van der Waals surface area (Å²) in [4.78, 5) is 35.5. The van der Waals surface area contributed by atoms with Crippen LogP contribution in [0.25, 0.3) is 26.3 Å². The fourth-order valence-electron chi connectivity index (χ4n) is 3.47. The molecule has 0 spiro atoms. The second kappa shape index (κ2) is 8.49. The lowest BCUT2D eigenvalue weighted by Gasteiger charge is -2.09. The normalized spacial score (nSPS) is 11.6. The third-order valence-electron chi connectivity index (χ3n) is 4.93. The van der Waals surface area contributed by atoms with Crippen LogP contribution in [0.1, 0.15) is 37.2 Å². The van der Waals surface area contributed by atoms with Crippen LogP contribution in [0.4, 0.5) is 14.5 Å². The van der Waals surface area contributed by atoms with Crippen molar-refractivity contribution in [2.24, 2.45) is 5.73 Å². The zero-order chi connectivity index (χ0) is 24.1. The Bertz CT molecular complexity index is 1610. The van der Waals surface area contributed by atoms with Gasteiger partial charge >= 0.3 is 0 Å². The minimum atomic E-state index is -2.82. The van der Waals surface area contributed by atoms with Crippen LogP contribution in [-0.2, 0) is 0 Å². The number of rotatable bonds is 5. The molecule has 0 atom stereocenters. The van der Waals surface area contributed by atoms with Gasteiger partial charge in [-0.1, -0.05) is 0 Å². The van der Waals surface area contributed by atoms with Crippen molar-refractivity contribution in [3.05, 3.63) is 62.3 Å². The fraction of sp³-hybridized carbons (Fsp3) is 0.0952. The molecule has 0 aliphatic heterocycles. The number of carbonyl (C=O) groups excluding carboxylic acids is 2. The molecule has 0 aromatic carbocycles. The van der Waals surface area contributed by atoms with Crippen molar-refractivity contribution < 1.29 is 18.4 Å². The van der Waals surface area contributed by atoms with E-state index in [1.54, 1.807) is 24.5 Å². The zero-order valence-corrected chi connectivity index (χ0v) is 20.4. The molecule has 2 amide bonds. The average Bonchev–Trinajstić information content (AvgIpc) is 3.49. The molecular weight excluding hydrogens is 550 g/mol. The number of hydrogen-bond acceptors (Lipinski definition) is 7. The van der Waals surface area contributed by atoms with Crippen LogP contribution in [-0.4, -0.2) is 31.4 Å². The van der Waals surface area contributed by atoms with E-state index >= 15 is 0 Å². The van der Waals surface area contributed by atoms with Gasteiger partial charge in [0.15, 0.2) is 11.3 Å². The van der Waals surface area contributed by atoms with Crippen LogP contribution >= 0.6 is 38.6 Å². The maximum atomic E-state index is 13.6. The number of thiophene rings is 2. The van der Waals surface area contributed by atoms with E-state index in [9.17, 15) is 18.4 Å². The number of fused-ring (bicyclic) bond motifs is 2. The summed E-state index contributed by atoms with van der Waals surface area (Å²) in [6.07, 6.45) is 0.372. The van der Waals surface area contributed by atoms with Gasteiger partial charge in [-0.15, -0.1) is 22.7 Å². The van der Waals surface area contributed by atoms with Crippen LogP contribution < -0.4 is 11.1 Å². The van der Waals surface area contributed by atoms with E-state index in [1.165, 1.54) is 21.9 Å². The van der Waals surface area contributed by atoms with Gasteiger partial charge in [-0.2, -0.15) is 5.10 Å². The van der Waals surface area contributed by atoms with Crippen LogP contribution in [0.3, 0.4) is 0 Å². The van der Waals surface area contributed by atoms with Crippen LogP contribution in [0.5, 0.6) is 0 Å². The van der Waals surface area contributed by atoms with E-state index in [-0.39, 0.29) is 21.1 Å². The van der Waals surface area contributed by atoms with E-state index in [4.69, 9.17) is 5.73 Å². The molecule has 8 nitrogen and oxygen atoms in total. The summed E-state index contributed by atoms with van der Waals surface area (Å²) in [7, 11) is 0. The Morgan fingerprint density at radius 1 is 1.26 bits per heavy atom. The van der Waals surface area contributed by atoms with E-state index in [2.05, 4.69) is 36.3 Å². The molecule has 0 radical (unpaired) electrons. The molecule has 0 fully saturated rings.